The molecule has 0 amide bonds. The molecule has 3 nitrogen and oxygen atoms in total. The molecule has 1 aromatic heterocycles. The summed E-state index contributed by atoms with van der Waals surface area (Å²) in [5.41, 5.74) is 3.96. The van der Waals surface area contributed by atoms with Gasteiger partial charge in [0, 0.05) is 11.5 Å². The summed E-state index contributed by atoms with van der Waals surface area (Å²) in [6, 6.07) is 16.0. The Balaban J connectivity index is 2.00. The SMILES string of the molecule is C[C@H]1Cc2nn(-c3ccccc3)c(-c3ccc(F)cc3)c2C(=O)[C@@H]1C. The van der Waals surface area contributed by atoms with Gasteiger partial charge in [0.2, 0.25) is 0 Å². The molecule has 126 valence electrons. The summed E-state index contributed by atoms with van der Waals surface area (Å²) in [6.07, 6.45) is 0.774. The van der Waals surface area contributed by atoms with Crippen LogP contribution in [0.4, 0.5) is 4.39 Å². The molecule has 25 heavy (non-hydrogen) atoms. The number of para-hydroxylation sites is 1. The summed E-state index contributed by atoms with van der Waals surface area (Å²) in [5, 5.41) is 4.76. The van der Waals surface area contributed by atoms with E-state index in [1.165, 1.54) is 12.1 Å². The first-order chi connectivity index (χ1) is 12.1. The van der Waals surface area contributed by atoms with E-state index in [4.69, 9.17) is 5.10 Å². The number of benzene rings is 2. The van der Waals surface area contributed by atoms with Crippen molar-refractivity contribution in [2.75, 3.05) is 0 Å². The highest BCUT2D eigenvalue weighted by Gasteiger charge is 2.36. The van der Waals surface area contributed by atoms with Crippen LogP contribution in [0, 0.1) is 17.7 Å². The second-order valence-electron chi connectivity index (χ2n) is 6.76. The zero-order chi connectivity index (χ0) is 17.6. The minimum atomic E-state index is -0.295. The van der Waals surface area contributed by atoms with Crippen LogP contribution in [0.1, 0.15) is 29.9 Å². The maximum Gasteiger partial charge on any atom is 0.170 e. The lowest BCUT2D eigenvalue weighted by molar-refractivity contribution is 0.0877. The third-order valence-electron chi connectivity index (χ3n) is 5.11. The van der Waals surface area contributed by atoms with Gasteiger partial charge in [0.1, 0.15) is 5.82 Å². The first-order valence-electron chi connectivity index (χ1n) is 8.53. The van der Waals surface area contributed by atoms with E-state index in [1.54, 1.807) is 12.1 Å². The zero-order valence-corrected chi connectivity index (χ0v) is 14.2. The van der Waals surface area contributed by atoms with E-state index in [0.29, 0.717) is 5.56 Å². The first-order valence-corrected chi connectivity index (χ1v) is 8.53. The molecule has 2 aromatic carbocycles. The molecule has 0 unspecified atom stereocenters. The van der Waals surface area contributed by atoms with E-state index in [2.05, 4.69) is 6.92 Å². The van der Waals surface area contributed by atoms with Crippen LogP contribution in [0.2, 0.25) is 0 Å². The van der Waals surface area contributed by atoms with Crippen molar-refractivity contribution in [1.29, 1.82) is 0 Å². The van der Waals surface area contributed by atoms with Crippen LogP contribution < -0.4 is 0 Å². The number of carbonyl (C=O) groups excluding carboxylic acids is 1. The fourth-order valence-corrected chi connectivity index (χ4v) is 3.46. The summed E-state index contributed by atoms with van der Waals surface area (Å²) in [5.74, 6) is 0.0484. The first kappa shape index (κ1) is 15.8. The van der Waals surface area contributed by atoms with Gasteiger partial charge < -0.3 is 0 Å². The number of ketones is 1. The highest BCUT2D eigenvalue weighted by Crippen LogP contribution is 2.37. The van der Waals surface area contributed by atoms with Crippen molar-refractivity contribution in [3.8, 4) is 16.9 Å². The minimum Gasteiger partial charge on any atom is -0.294 e. The molecule has 1 aliphatic rings. The fraction of sp³-hybridized carbons (Fsp3) is 0.238. The van der Waals surface area contributed by atoms with E-state index < -0.39 is 0 Å². The number of aromatic nitrogens is 2. The molecule has 0 radical (unpaired) electrons. The van der Waals surface area contributed by atoms with E-state index in [0.717, 1.165) is 29.1 Å². The molecule has 0 fully saturated rings. The van der Waals surface area contributed by atoms with E-state index >= 15 is 0 Å². The molecule has 0 saturated carbocycles. The minimum absolute atomic E-state index is 0.0416. The third-order valence-corrected chi connectivity index (χ3v) is 5.11. The number of hydrogen-bond donors (Lipinski definition) is 0. The number of rotatable bonds is 2. The Morgan fingerprint density at radius 1 is 1.04 bits per heavy atom. The quantitative estimate of drug-likeness (QED) is 0.681. The highest BCUT2D eigenvalue weighted by atomic mass is 19.1. The van der Waals surface area contributed by atoms with Gasteiger partial charge in [-0.1, -0.05) is 32.0 Å². The van der Waals surface area contributed by atoms with Crippen molar-refractivity contribution >= 4 is 5.78 Å². The lowest BCUT2D eigenvalue weighted by Crippen LogP contribution is -2.27. The summed E-state index contributed by atoms with van der Waals surface area (Å²) < 4.78 is 15.2. The topological polar surface area (TPSA) is 34.9 Å². The van der Waals surface area contributed by atoms with Gasteiger partial charge in [0.15, 0.2) is 5.78 Å². The second kappa shape index (κ2) is 5.96. The monoisotopic (exact) mass is 334 g/mol. The predicted molar refractivity (Wildman–Crippen MR) is 95.3 cm³/mol. The van der Waals surface area contributed by atoms with Crippen molar-refractivity contribution in [2.24, 2.45) is 11.8 Å². The van der Waals surface area contributed by atoms with Crippen molar-refractivity contribution in [1.82, 2.24) is 9.78 Å². The molecule has 0 bridgehead atoms. The van der Waals surface area contributed by atoms with Gasteiger partial charge in [-0.2, -0.15) is 5.10 Å². The molecule has 1 heterocycles. The van der Waals surface area contributed by atoms with Crippen LogP contribution in [-0.2, 0) is 6.42 Å². The number of Topliss-reactive ketones (excluding diaryl/α,β-unsaturated/α-hetero) is 1. The Hall–Kier alpha value is -2.75. The maximum absolute atomic E-state index is 13.4. The molecule has 0 spiro atoms. The molecule has 0 saturated heterocycles. The number of carbonyl (C=O) groups is 1. The average molecular weight is 334 g/mol. The Morgan fingerprint density at radius 2 is 1.72 bits per heavy atom. The largest absolute Gasteiger partial charge is 0.294 e. The van der Waals surface area contributed by atoms with Crippen molar-refractivity contribution in [3.05, 3.63) is 71.7 Å². The maximum atomic E-state index is 13.4. The predicted octanol–water partition coefficient (Wildman–Crippen LogP) is 4.69. The normalized spacial score (nSPS) is 19.7. The van der Waals surface area contributed by atoms with E-state index in [9.17, 15) is 9.18 Å². The van der Waals surface area contributed by atoms with E-state index in [-0.39, 0.29) is 23.4 Å². The third kappa shape index (κ3) is 2.58. The van der Waals surface area contributed by atoms with Gasteiger partial charge in [-0.15, -0.1) is 0 Å². The standard InChI is InChI=1S/C21H19FN2O/c1-13-12-18-19(21(25)14(13)2)20(15-8-10-16(22)11-9-15)24(23-18)17-6-4-3-5-7-17/h3-11,13-14H,12H2,1-2H3/t13-,14+/m0/s1. The van der Waals surface area contributed by atoms with E-state index in [1.807, 2.05) is 41.9 Å². The van der Waals surface area contributed by atoms with Crippen molar-refractivity contribution in [3.63, 3.8) is 0 Å². The van der Waals surface area contributed by atoms with Crippen molar-refractivity contribution in [2.45, 2.75) is 20.3 Å². The number of halogens is 1. The molecule has 0 N–H and O–H groups in total. The summed E-state index contributed by atoms with van der Waals surface area (Å²) in [4.78, 5) is 13.0. The Morgan fingerprint density at radius 3 is 2.40 bits per heavy atom. The molecule has 2 atom stereocenters. The van der Waals surface area contributed by atoms with Gasteiger partial charge in [-0.25, -0.2) is 9.07 Å². The van der Waals surface area contributed by atoms with Crippen LogP contribution >= 0.6 is 0 Å². The smallest absolute Gasteiger partial charge is 0.170 e. The molecular formula is C21H19FN2O. The van der Waals surface area contributed by atoms with Crippen LogP contribution in [0.15, 0.2) is 54.6 Å². The fourth-order valence-electron chi connectivity index (χ4n) is 3.46. The molecule has 4 heteroatoms. The average Bonchev–Trinajstić information content (AvgIpc) is 3.00. The van der Waals surface area contributed by atoms with Crippen molar-refractivity contribution < 1.29 is 9.18 Å². The van der Waals surface area contributed by atoms with Gasteiger partial charge in [0.05, 0.1) is 22.6 Å². The second-order valence-corrected chi connectivity index (χ2v) is 6.76. The van der Waals surface area contributed by atoms with Gasteiger partial charge >= 0.3 is 0 Å². The number of hydrogen-bond acceptors (Lipinski definition) is 2. The Labute approximate surface area is 146 Å². The molecule has 3 aromatic rings. The number of nitrogens with zero attached hydrogens (tertiary/aromatic N) is 2. The van der Waals surface area contributed by atoms with Gasteiger partial charge in [0.25, 0.3) is 0 Å². The number of fused-ring (bicyclic) bond motifs is 1. The zero-order valence-electron chi connectivity index (χ0n) is 14.2. The van der Waals surface area contributed by atoms with Crippen LogP contribution in [0.3, 0.4) is 0 Å². The Bertz CT molecular complexity index is 929. The lowest BCUT2D eigenvalue weighted by Gasteiger charge is -2.23. The summed E-state index contributed by atoms with van der Waals surface area (Å²) >= 11 is 0. The van der Waals surface area contributed by atoms with Crippen LogP contribution in [0.25, 0.3) is 16.9 Å². The molecule has 1 aliphatic carbocycles. The molecule has 4 rings (SSSR count). The summed E-state index contributed by atoms with van der Waals surface area (Å²) in [6.45, 7) is 4.06. The molecule has 0 aliphatic heterocycles. The Kier molecular flexibility index (Phi) is 3.75. The van der Waals surface area contributed by atoms with Crippen LogP contribution in [0.5, 0.6) is 0 Å². The highest BCUT2D eigenvalue weighted by molar-refractivity contribution is 6.05. The lowest BCUT2D eigenvalue weighted by atomic mass is 9.78. The molecular weight excluding hydrogens is 315 g/mol. The van der Waals surface area contributed by atoms with Crippen LogP contribution in [-0.4, -0.2) is 15.6 Å². The van der Waals surface area contributed by atoms with Gasteiger partial charge in [-0.3, -0.25) is 4.79 Å². The summed E-state index contributed by atoms with van der Waals surface area (Å²) in [7, 11) is 0. The van der Waals surface area contributed by atoms with Gasteiger partial charge in [-0.05, 0) is 48.7 Å².